The maximum Gasteiger partial charge on any atom is 0.203 e. The number of nitrogens with one attached hydrogen (secondary N) is 1. The smallest absolute Gasteiger partial charge is 0.203 e. The normalized spacial score (nSPS) is 14.7. The van der Waals surface area contributed by atoms with Crippen LogP contribution in [0.2, 0.25) is 0 Å². The molecule has 0 amide bonds. The number of nitrogens with zero attached hydrogens (tertiary/aromatic N) is 4. The maximum absolute atomic E-state index is 9.13. The molecule has 0 spiro atoms. The first-order chi connectivity index (χ1) is 8.59. The standard InChI is InChI=1S/C12H19N5O/c1-4-12(3,5-8-18)14-10-11-16-15-9(2)17(11)7-6-13-10/h6-7,18H,4-5,8H2,1-3H3,(H,13,14). The van der Waals surface area contributed by atoms with Gasteiger partial charge in [0.2, 0.25) is 5.65 Å². The van der Waals surface area contributed by atoms with Crippen molar-refractivity contribution >= 4 is 11.5 Å². The quantitative estimate of drug-likeness (QED) is 0.837. The van der Waals surface area contributed by atoms with E-state index < -0.39 is 0 Å². The number of aromatic nitrogens is 4. The van der Waals surface area contributed by atoms with E-state index in [9.17, 15) is 0 Å². The van der Waals surface area contributed by atoms with Crippen LogP contribution in [0.5, 0.6) is 0 Å². The van der Waals surface area contributed by atoms with Crippen LogP contribution in [0.1, 0.15) is 32.5 Å². The Morgan fingerprint density at radius 1 is 1.44 bits per heavy atom. The van der Waals surface area contributed by atoms with Gasteiger partial charge in [-0.15, -0.1) is 10.2 Å². The zero-order valence-electron chi connectivity index (χ0n) is 11.0. The van der Waals surface area contributed by atoms with Gasteiger partial charge < -0.3 is 10.4 Å². The van der Waals surface area contributed by atoms with Gasteiger partial charge in [0, 0.05) is 24.5 Å². The maximum atomic E-state index is 9.13. The van der Waals surface area contributed by atoms with Gasteiger partial charge in [-0.25, -0.2) is 4.98 Å². The van der Waals surface area contributed by atoms with Crippen LogP contribution in [0.4, 0.5) is 5.82 Å². The molecule has 2 N–H and O–H groups in total. The van der Waals surface area contributed by atoms with Gasteiger partial charge in [-0.1, -0.05) is 6.92 Å². The largest absolute Gasteiger partial charge is 0.396 e. The summed E-state index contributed by atoms with van der Waals surface area (Å²) < 4.78 is 1.89. The number of hydrogen-bond acceptors (Lipinski definition) is 5. The Bertz CT molecular complexity index is 538. The summed E-state index contributed by atoms with van der Waals surface area (Å²) in [4.78, 5) is 4.32. The molecule has 18 heavy (non-hydrogen) atoms. The molecule has 0 aliphatic carbocycles. The fourth-order valence-electron chi connectivity index (χ4n) is 1.89. The molecule has 0 aromatic carbocycles. The summed E-state index contributed by atoms with van der Waals surface area (Å²) >= 11 is 0. The lowest BCUT2D eigenvalue weighted by Gasteiger charge is -2.29. The first-order valence-electron chi connectivity index (χ1n) is 6.15. The van der Waals surface area contributed by atoms with Crippen LogP contribution in [0.3, 0.4) is 0 Å². The van der Waals surface area contributed by atoms with E-state index in [0.29, 0.717) is 17.9 Å². The summed E-state index contributed by atoms with van der Waals surface area (Å²) in [6, 6.07) is 0. The van der Waals surface area contributed by atoms with Gasteiger partial charge in [0.15, 0.2) is 5.82 Å². The van der Waals surface area contributed by atoms with Crippen molar-refractivity contribution in [3.63, 3.8) is 0 Å². The monoisotopic (exact) mass is 249 g/mol. The average Bonchev–Trinajstić information content (AvgIpc) is 2.73. The van der Waals surface area contributed by atoms with Crippen molar-refractivity contribution in [2.24, 2.45) is 0 Å². The summed E-state index contributed by atoms with van der Waals surface area (Å²) in [5, 5.41) is 20.7. The van der Waals surface area contributed by atoms with Crippen LogP contribution in [0, 0.1) is 6.92 Å². The van der Waals surface area contributed by atoms with Gasteiger partial charge in [0.05, 0.1) is 0 Å². The zero-order chi connectivity index (χ0) is 13.2. The second kappa shape index (κ2) is 4.89. The Labute approximate surface area is 106 Å². The van der Waals surface area contributed by atoms with Crippen LogP contribution >= 0.6 is 0 Å². The van der Waals surface area contributed by atoms with Crippen molar-refractivity contribution in [3.05, 3.63) is 18.2 Å². The fraction of sp³-hybridized carbons (Fsp3) is 0.583. The van der Waals surface area contributed by atoms with Gasteiger partial charge in [0.1, 0.15) is 5.82 Å². The summed E-state index contributed by atoms with van der Waals surface area (Å²) in [5.74, 6) is 1.53. The molecule has 0 saturated carbocycles. The SMILES string of the molecule is CCC(C)(CCO)Nc1nccn2c(C)nnc12. The van der Waals surface area contributed by atoms with Crippen molar-refractivity contribution in [2.45, 2.75) is 39.2 Å². The van der Waals surface area contributed by atoms with E-state index in [1.54, 1.807) is 6.20 Å². The van der Waals surface area contributed by atoms with Crippen LogP contribution < -0.4 is 5.32 Å². The third-order valence-electron chi connectivity index (χ3n) is 3.36. The molecule has 0 aliphatic heterocycles. The molecule has 6 nitrogen and oxygen atoms in total. The van der Waals surface area contributed by atoms with E-state index in [1.165, 1.54) is 0 Å². The Balaban J connectivity index is 2.36. The molecular weight excluding hydrogens is 230 g/mol. The lowest BCUT2D eigenvalue weighted by Crippen LogP contribution is -2.35. The summed E-state index contributed by atoms with van der Waals surface area (Å²) in [6.07, 6.45) is 5.12. The van der Waals surface area contributed by atoms with Crippen LogP contribution in [-0.2, 0) is 0 Å². The topological polar surface area (TPSA) is 75.3 Å². The number of fused-ring (bicyclic) bond motifs is 1. The van der Waals surface area contributed by atoms with Crippen molar-refractivity contribution in [1.29, 1.82) is 0 Å². The third kappa shape index (κ3) is 2.28. The van der Waals surface area contributed by atoms with Crippen LogP contribution in [0.15, 0.2) is 12.4 Å². The minimum atomic E-state index is -0.191. The third-order valence-corrected chi connectivity index (χ3v) is 3.36. The highest BCUT2D eigenvalue weighted by atomic mass is 16.3. The molecule has 1 atom stereocenters. The zero-order valence-corrected chi connectivity index (χ0v) is 11.0. The van der Waals surface area contributed by atoms with Gasteiger partial charge >= 0.3 is 0 Å². The Kier molecular flexibility index (Phi) is 3.47. The van der Waals surface area contributed by atoms with Crippen molar-refractivity contribution in [3.8, 4) is 0 Å². The molecule has 98 valence electrons. The van der Waals surface area contributed by atoms with Crippen molar-refractivity contribution in [2.75, 3.05) is 11.9 Å². The van der Waals surface area contributed by atoms with Crippen LogP contribution in [0.25, 0.3) is 5.65 Å². The highest BCUT2D eigenvalue weighted by molar-refractivity contribution is 5.63. The first-order valence-corrected chi connectivity index (χ1v) is 6.15. The average molecular weight is 249 g/mol. The molecule has 0 aliphatic rings. The van der Waals surface area contributed by atoms with E-state index in [-0.39, 0.29) is 12.1 Å². The molecule has 0 saturated heterocycles. The fourth-order valence-corrected chi connectivity index (χ4v) is 1.89. The summed E-state index contributed by atoms with van der Waals surface area (Å²) in [5.41, 5.74) is 0.524. The lowest BCUT2D eigenvalue weighted by atomic mass is 9.95. The molecule has 2 rings (SSSR count). The molecule has 2 heterocycles. The minimum Gasteiger partial charge on any atom is -0.396 e. The van der Waals surface area contributed by atoms with E-state index in [2.05, 4.69) is 34.3 Å². The molecule has 6 heteroatoms. The van der Waals surface area contributed by atoms with Gasteiger partial charge in [-0.05, 0) is 26.7 Å². The Morgan fingerprint density at radius 3 is 2.89 bits per heavy atom. The summed E-state index contributed by atoms with van der Waals surface area (Å²) in [6.45, 7) is 6.19. The second-order valence-corrected chi connectivity index (χ2v) is 4.73. The number of aryl methyl sites for hydroxylation is 1. The molecule has 2 aromatic rings. The molecule has 1 unspecified atom stereocenters. The van der Waals surface area contributed by atoms with Crippen LogP contribution in [-0.4, -0.2) is 36.8 Å². The van der Waals surface area contributed by atoms with Crippen molar-refractivity contribution in [1.82, 2.24) is 19.6 Å². The van der Waals surface area contributed by atoms with E-state index in [0.717, 1.165) is 12.2 Å². The Morgan fingerprint density at radius 2 is 2.22 bits per heavy atom. The van der Waals surface area contributed by atoms with Gasteiger partial charge in [-0.3, -0.25) is 4.40 Å². The predicted molar refractivity (Wildman–Crippen MR) is 69.5 cm³/mol. The van der Waals surface area contributed by atoms with E-state index in [4.69, 9.17) is 5.11 Å². The number of aliphatic hydroxyl groups excluding tert-OH is 1. The lowest BCUT2D eigenvalue weighted by molar-refractivity contribution is 0.252. The van der Waals surface area contributed by atoms with Crippen molar-refractivity contribution < 1.29 is 5.11 Å². The Hall–Kier alpha value is -1.69. The van der Waals surface area contributed by atoms with Gasteiger partial charge in [0.25, 0.3) is 0 Å². The summed E-state index contributed by atoms with van der Waals surface area (Å²) in [7, 11) is 0. The highest BCUT2D eigenvalue weighted by Gasteiger charge is 2.23. The number of aliphatic hydroxyl groups is 1. The molecular formula is C12H19N5O. The number of anilines is 1. The first kappa shape index (κ1) is 12.8. The van der Waals surface area contributed by atoms with E-state index >= 15 is 0 Å². The highest BCUT2D eigenvalue weighted by Crippen LogP contribution is 2.22. The second-order valence-electron chi connectivity index (χ2n) is 4.73. The predicted octanol–water partition coefficient (Wildman–Crippen LogP) is 1.40. The number of hydrogen-bond donors (Lipinski definition) is 2. The molecule has 0 fully saturated rings. The minimum absolute atomic E-state index is 0.145. The van der Waals surface area contributed by atoms with E-state index in [1.807, 2.05) is 17.5 Å². The number of rotatable bonds is 5. The molecule has 0 radical (unpaired) electrons. The molecule has 2 aromatic heterocycles. The van der Waals surface area contributed by atoms with Gasteiger partial charge in [-0.2, -0.15) is 0 Å². The molecule has 0 bridgehead atoms.